The van der Waals surface area contributed by atoms with Crippen LogP contribution < -0.4 is 10.6 Å². The maximum Gasteiger partial charge on any atom is 0.257 e. The summed E-state index contributed by atoms with van der Waals surface area (Å²) in [6.07, 6.45) is 0. The van der Waals surface area contributed by atoms with Gasteiger partial charge in [0.2, 0.25) is 5.91 Å². The summed E-state index contributed by atoms with van der Waals surface area (Å²) in [6, 6.07) is 6.99. The van der Waals surface area contributed by atoms with Gasteiger partial charge in [-0.05, 0) is 26.0 Å². The van der Waals surface area contributed by atoms with Crippen molar-refractivity contribution in [3.05, 3.63) is 29.8 Å². The van der Waals surface area contributed by atoms with Crippen LogP contribution in [0.3, 0.4) is 0 Å². The van der Waals surface area contributed by atoms with Crippen molar-refractivity contribution in [2.75, 3.05) is 18.9 Å². The predicted octanol–water partition coefficient (Wildman–Crippen LogP) is 0.605. The molecule has 1 aliphatic rings. The molecule has 3 amide bonds. The number of rotatable bonds is 2. The molecular formula is C14H17N3O3. The van der Waals surface area contributed by atoms with Crippen molar-refractivity contribution in [3.63, 3.8) is 0 Å². The molecular weight excluding hydrogens is 258 g/mol. The van der Waals surface area contributed by atoms with Crippen LogP contribution in [0.2, 0.25) is 0 Å². The van der Waals surface area contributed by atoms with Crippen LogP contribution in [0.1, 0.15) is 24.2 Å². The van der Waals surface area contributed by atoms with Gasteiger partial charge >= 0.3 is 0 Å². The van der Waals surface area contributed by atoms with E-state index in [2.05, 4.69) is 10.6 Å². The number of amides is 3. The van der Waals surface area contributed by atoms with Crippen molar-refractivity contribution >= 4 is 23.4 Å². The molecule has 106 valence electrons. The van der Waals surface area contributed by atoms with Gasteiger partial charge in [-0.1, -0.05) is 12.1 Å². The van der Waals surface area contributed by atoms with Crippen LogP contribution in [0, 0.1) is 0 Å². The van der Waals surface area contributed by atoms with Crippen LogP contribution in [0.5, 0.6) is 0 Å². The first-order valence-electron chi connectivity index (χ1n) is 6.31. The normalized spacial score (nSPS) is 17.6. The summed E-state index contributed by atoms with van der Waals surface area (Å²) >= 11 is 0. The molecule has 0 spiro atoms. The Bertz CT molecular complexity index is 581. The van der Waals surface area contributed by atoms with Crippen molar-refractivity contribution in [1.82, 2.24) is 10.2 Å². The van der Waals surface area contributed by atoms with E-state index in [0.29, 0.717) is 11.3 Å². The number of nitrogens with zero attached hydrogens (tertiary/aromatic N) is 1. The molecule has 0 unspecified atom stereocenters. The number of carbonyl (C=O) groups is 3. The number of nitrogens with one attached hydrogen (secondary N) is 2. The summed E-state index contributed by atoms with van der Waals surface area (Å²) in [6.45, 7) is 3.11. The number of hydrogen-bond donors (Lipinski definition) is 2. The number of anilines is 1. The van der Waals surface area contributed by atoms with E-state index < -0.39 is 17.4 Å². The molecule has 0 aliphatic carbocycles. The fourth-order valence-electron chi connectivity index (χ4n) is 2.14. The van der Waals surface area contributed by atoms with Gasteiger partial charge in [0.05, 0.1) is 5.56 Å². The minimum absolute atomic E-state index is 0.129. The molecule has 1 heterocycles. The van der Waals surface area contributed by atoms with E-state index in [1.807, 2.05) is 6.07 Å². The molecule has 0 aromatic heterocycles. The van der Waals surface area contributed by atoms with Crippen LogP contribution in [0.15, 0.2) is 24.3 Å². The van der Waals surface area contributed by atoms with Crippen LogP contribution in [0.4, 0.5) is 5.69 Å². The van der Waals surface area contributed by atoms with Crippen LogP contribution in [-0.4, -0.2) is 41.8 Å². The zero-order chi connectivity index (χ0) is 14.9. The van der Waals surface area contributed by atoms with Gasteiger partial charge in [0.1, 0.15) is 12.1 Å². The van der Waals surface area contributed by atoms with E-state index in [0.717, 1.165) is 0 Å². The fourth-order valence-corrected chi connectivity index (χ4v) is 2.14. The number of hydrogen-bond acceptors (Lipinski definition) is 4. The van der Waals surface area contributed by atoms with Crippen LogP contribution in [0.25, 0.3) is 0 Å². The summed E-state index contributed by atoms with van der Waals surface area (Å²) in [5.41, 5.74) is 0.0311. The lowest BCUT2D eigenvalue weighted by Crippen LogP contribution is -2.65. The van der Waals surface area contributed by atoms with Crippen molar-refractivity contribution in [2.24, 2.45) is 0 Å². The quantitative estimate of drug-likeness (QED) is 0.775. The van der Waals surface area contributed by atoms with Crippen LogP contribution >= 0.6 is 0 Å². The number of imide groups is 1. The first-order valence-corrected chi connectivity index (χ1v) is 6.31. The molecule has 0 radical (unpaired) electrons. The molecule has 1 saturated heterocycles. The maximum absolute atomic E-state index is 12.6. The number of piperazine rings is 1. The molecule has 20 heavy (non-hydrogen) atoms. The molecule has 1 aromatic rings. The van der Waals surface area contributed by atoms with E-state index in [4.69, 9.17) is 0 Å². The summed E-state index contributed by atoms with van der Waals surface area (Å²) in [5.74, 6) is -1.28. The first kappa shape index (κ1) is 14.0. The highest BCUT2D eigenvalue weighted by atomic mass is 16.2. The van der Waals surface area contributed by atoms with E-state index in [-0.39, 0.29) is 12.5 Å². The van der Waals surface area contributed by atoms with Gasteiger partial charge in [0, 0.05) is 12.7 Å². The average molecular weight is 275 g/mol. The Balaban J connectivity index is 2.41. The Hall–Kier alpha value is -2.37. The average Bonchev–Trinajstić information content (AvgIpc) is 2.42. The Morgan fingerprint density at radius 1 is 1.30 bits per heavy atom. The highest BCUT2D eigenvalue weighted by Crippen LogP contribution is 2.24. The lowest BCUT2D eigenvalue weighted by molar-refractivity contribution is -0.143. The van der Waals surface area contributed by atoms with Crippen molar-refractivity contribution in [2.45, 2.75) is 19.4 Å². The number of para-hydroxylation sites is 1. The van der Waals surface area contributed by atoms with Crippen molar-refractivity contribution < 1.29 is 14.4 Å². The largest absolute Gasteiger partial charge is 0.387 e. The summed E-state index contributed by atoms with van der Waals surface area (Å²) in [4.78, 5) is 37.3. The zero-order valence-corrected chi connectivity index (χ0v) is 11.7. The predicted molar refractivity (Wildman–Crippen MR) is 74.3 cm³/mol. The molecule has 0 atom stereocenters. The molecule has 2 rings (SSSR count). The Morgan fingerprint density at radius 3 is 2.60 bits per heavy atom. The molecule has 1 aliphatic heterocycles. The first-order chi connectivity index (χ1) is 9.37. The smallest absolute Gasteiger partial charge is 0.257 e. The second-order valence-electron chi connectivity index (χ2n) is 5.12. The molecule has 0 bridgehead atoms. The SMILES string of the molecule is CNc1ccccc1C(=O)N1CC(=O)NC(=O)C1(C)C. The minimum Gasteiger partial charge on any atom is -0.387 e. The minimum atomic E-state index is -1.06. The second kappa shape index (κ2) is 4.96. The van der Waals surface area contributed by atoms with E-state index in [1.54, 1.807) is 39.1 Å². The molecule has 6 nitrogen and oxygen atoms in total. The highest BCUT2D eigenvalue weighted by molar-refractivity contribution is 6.10. The van der Waals surface area contributed by atoms with Crippen LogP contribution in [-0.2, 0) is 9.59 Å². The third-order valence-corrected chi connectivity index (χ3v) is 3.46. The van der Waals surface area contributed by atoms with Gasteiger partial charge in [0.25, 0.3) is 11.8 Å². The lowest BCUT2D eigenvalue weighted by Gasteiger charge is -2.40. The third-order valence-electron chi connectivity index (χ3n) is 3.46. The van der Waals surface area contributed by atoms with Gasteiger partial charge in [-0.3, -0.25) is 19.7 Å². The zero-order valence-electron chi connectivity index (χ0n) is 11.7. The Kier molecular flexibility index (Phi) is 3.48. The number of benzene rings is 1. The van der Waals surface area contributed by atoms with E-state index >= 15 is 0 Å². The monoisotopic (exact) mass is 275 g/mol. The topological polar surface area (TPSA) is 78.5 Å². The van der Waals surface area contributed by atoms with Gasteiger partial charge in [-0.2, -0.15) is 0 Å². The lowest BCUT2D eigenvalue weighted by atomic mass is 9.97. The maximum atomic E-state index is 12.6. The van der Waals surface area contributed by atoms with Gasteiger partial charge < -0.3 is 10.2 Å². The highest BCUT2D eigenvalue weighted by Gasteiger charge is 2.44. The molecule has 1 aromatic carbocycles. The van der Waals surface area contributed by atoms with Crippen molar-refractivity contribution in [3.8, 4) is 0 Å². The Morgan fingerprint density at radius 2 is 1.95 bits per heavy atom. The van der Waals surface area contributed by atoms with Gasteiger partial charge in [-0.15, -0.1) is 0 Å². The Labute approximate surface area is 117 Å². The van der Waals surface area contributed by atoms with Gasteiger partial charge in [0.15, 0.2) is 0 Å². The molecule has 0 saturated carbocycles. The molecule has 1 fully saturated rings. The van der Waals surface area contributed by atoms with E-state index in [9.17, 15) is 14.4 Å². The second-order valence-corrected chi connectivity index (χ2v) is 5.12. The molecule has 2 N–H and O–H groups in total. The van der Waals surface area contributed by atoms with Crippen molar-refractivity contribution in [1.29, 1.82) is 0 Å². The summed E-state index contributed by atoms with van der Waals surface area (Å²) in [7, 11) is 1.71. The van der Waals surface area contributed by atoms with Gasteiger partial charge in [-0.25, -0.2) is 0 Å². The summed E-state index contributed by atoms with van der Waals surface area (Å²) < 4.78 is 0. The standard InChI is InChI=1S/C14H17N3O3/c1-14(2)13(20)16-11(18)8-17(14)12(19)9-6-4-5-7-10(9)15-3/h4-7,15H,8H2,1-3H3,(H,16,18,20). The van der Waals surface area contributed by atoms with E-state index in [1.165, 1.54) is 4.90 Å². The molecule has 6 heteroatoms. The number of carbonyl (C=O) groups excluding carboxylic acids is 3. The summed E-state index contributed by atoms with van der Waals surface area (Å²) in [5, 5.41) is 5.18. The fraction of sp³-hybridized carbons (Fsp3) is 0.357. The third kappa shape index (κ3) is 2.24.